The van der Waals surface area contributed by atoms with Gasteiger partial charge in [0.2, 0.25) is 59.1 Å². The molecule has 7 atom stereocenters. The number of unbranched alkanes of at least 4 members (excludes halogenated alkanes) is 1. The summed E-state index contributed by atoms with van der Waals surface area (Å²) in [6.45, 7) is 8.83. The molecule has 27 nitrogen and oxygen atoms in total. The Labute approximate surface area is 477 Å². The summed E-state index contributed by atoms with van der Waals surface area (Å²) in [5.74, 6) is -9.94. The number of carbonyl (C=O) groups excluding carboxylic acids is 10. The number of hydrogen-bond donors (Lipinski definition) is 13. The topological polar surface area (TPSA) is 430 Å². The molecule has 0 aromatic heterocycles. The van der Waals surface area contributed by atoms with Crippen LogP contribution < -0.4 is 54.4 Å². The van der Waals surface area contributed by atoms with Crippen molar-refractivity contribution in [2.45, 2.75) is 154 Å². The van der Waals surface area contributed by atoms with Gasteiger partial charge in [0, 0.05) is 52.4 Å². The second-order valence-electron chi connectivity index (χ2n) is 21.0. The van der Waals surface area contributed by atoms with Gasteiger partial charge in [-0.15, -0.1) is 0 Å². The number of benzene rings is 2. The predicted octanol–water partition coefficient (Wildman–Crippen LogP) is -1.35. The van der Waals surface area contributed by atoms with Gasteiger partial charge >= 0.3 is 5.97 Å². The van der Waals surface area contributed by atoms with Crippen LogP contribution in [-0.4, -0.2) is 172 Å². The van der Waals surface area contributed by atoms with Crippen LogP contribution in [0.15, 0.2) is 53.5 Å². The van der Waals surface area contributed by atoms with E-state index in [2.05, 4.69) is 42.2 Å². The van der Waals surface area contributed by atoms with Crippen molar-refractivity contribution in [3.8, 4) is 11.5 Å². The fraction of sp³-hybridized carbons (Fsp3) is 0.564. The third-order valence-electron chi connectivity index (χ3n) is 13.3. The number of nitrogens with one attached hydrogen (secondary N) is 7. The van der Waals surface area contributed by atoms with E-state index in [1.54, 1.807) is 34.6 Å². The molecule has 1 aliphatic heterocycles. The molecule has 0 aliphatic carbocycles. The van der Waals surface area contributed by atoms with E-state index in [1.807, 2.05) is 0 Å². The Morgan fingerprint density at radius 3 is 1.70 bits per heavy atom. The van der Waals surface area contributed by atoms with Crippen molar-refractivity contribution in [3.05, 3.63) is 59.7 Å². The average Bonchev–Trinajstić information content (AvgIpc) is 3.91. The fourth-order valence-electron chi connectivity index (χ4n) is 8.96. The summed E-state index contributed by atoms with van der Waals surface area (Å²) < 4.78 is 0. The van der Waals surface area contributed by atoms with Gasteiger partial charge in [0.05, 0.1) is 13.0 Å². The first-order valence-electron chi connectivity index (χ1n) is 27.4. The average molecular weight is 1150 g/mol. The number of carboxylic acids is 1. The van der Waals surface area contributed by atoms with Crippen LogP contribution >= 0.6 is 0 Å². The first-order valence-corrected chi connectivity index (χ1v) is 27.4. The second-order valence-corrected chi connectivity index (χ2v) is 21.0. The third kappa shape index (κ3) is 23.7. The van der Waals surface area contributed by atoms with Crippen molar-refractivity contribution in [3.63, 3.8) is 0 Å². The lowest BCUT2D eigenvalue weighted by Crippen LogP contribution is -2.61. The van der Waals surface area contributed by atoms with E-state index in [0.717, 1.165) is 4.90 Å². The number of phenols is 2. The van der Waals surface area contributed by atoms with Gasteiger partial charge in [0.15, 0.2) is 5.96 Å². The highest BCUT2D eigenvalue weighted by Gasteiger charge is 2.40. The standard InChI is InChI=1S/C55H83N13O14/c1-7-59-53(81)42-13-11-25-68(42)54(82)47(32(4)5)66-48(76)37(12-10-24-60-55(57)58)62-51(79)40(28-34-18-22-36(70)23-19-34)64-49(77)38(26-31(2)3)63-52(80)41(29-43(56)71)65-50(78)39(27-33-16-20-35(69)21-17-33)61-44(72)30-67(6)45(73)14-8-9-15-46(74)75/h16-23,31-32,37-42,47,69-70H,7-15,24-30H2,1-6H3,(H2,56,71)(H,59,81)(H,61,72)(H,62,79)(H,63,80)(H,64,77)(H,65,78)(H,66,76)(H,74,75)(H4,57,58,60). The van der Waals surface area contributed by atoms with Crippen LogP contribution in [-0.2, 0) is 65.6 Å². The van der Waals surface area contributed by atoms with Crippen molar-refractivity contribution in [1.29, 1.82) is 0 Å². The van der Waals surface area contributed by atoms with Gasteiger partial charge in [-0.1, -0.05) is 52.0 Å². The highest BCUT2D eigenvalue weighted by molar-refractivity contribution is 5.99. The molecule has 3 rings (SSSR count). The Hall–Kier alpha value is -8.52. The quantitative estimate of drug-likeness (QED) is 0.0219. The van der Waals surface area contributed by atoms with E-state index in [-0.39, 0.29) is 100 Å². The fourth-order valence-corrected chi connectivity index (χ4v) is 8.96. The van der Waals surface area contributed by atoms with Crippen molar-refractivity contribution in [2.24, 2.45) is 34.0 Å². The van der Waals surface area contributed by atoms with Gasteiger partial charge in [-0.2, -0.15) is 0 Å². The number of nitrogens with zero attached hydrogens (tertiary/aromatic N) is 3. The molecule has 0 radical (unpaired) electrons. The Balaban J connectivity index is 1.95. The van der Waals surface area contributed by atoms with Crippen molar-refractivity contribution in [2.75, 3.05) is 33.2 Å². The minimum absolute atomic E-state index is 0.0466. The summed E-state index contributed by atoms with van der Waals surface area (Å²) in [6.07, 6.45) is 0.0856. The number of nitrogens with two attached hydrogens (primary N) is 3. The number of amides is 10. The molecule has 16 N–H and O–H groups in total. The lowest BCUT2D eigenvalue weighted by molar-refractivity contribution is -0.143. The third-order valence-corrected chi connectivity index (χ3v) is 13.3. The number of phenolic OH excluding ortho intramolecular Hbond substituents is 2. The summed E-state index contributed by atoms with van der Waals surface area (Å²) in [6, 6.07) is 1.97. The van der Waals surface area contributed by atoms with E-state index in [1.165, 1.54) is 60.5 Å². The van der Waals surface area contributed by atoms with E-state index < -0.39 is 120 Å². The van der Waals surface area contributed by atoms with E-state index in [4.69, 9.17) is 22.3 Å². The van der Waals surface area contributed by atoms with Crippen LogP contribution in [0.1, 0.15) is 110 Å². The lowest BCUT2D eigenvalue weighted by atomic mass is 9.99. The summed E-state index contributed by atoms with van der Waals surface area (Å²) in [5, 5.41) is 47.4. The van der Waals surface area contributed by atoms with Crippen LogP contribution in [0.3, 0.4) is 0 Å². The molecule has 2 aromatic rings. The highest BCUT2D eigenvalue weighted by atomic mass is 16.4. The largest absolute Gasteiger partial charge is 0.508 e. The van der Waals surface area contributed by atoms with Gasteiger partial charge < -0.3 is 79.5 Å². The van der Waals surface area contributed by atoms with Crippen LogP contribution in [0.25, 0.3) is 0 Å². The summed E-state index contributed by atoms with van der Waals surface area (Å²) in [4.78, 5) is 155. The molecule has 27 heteroatoms. The molecule has 1 aliphatic rings. The zero-order valence-electron chi connectivity index (χ0n) is 47.5. The van der Waals surface area contributed by atoms with Crippen molar-refractivity contribution in [1.82, 2.24) is 47.0 Å². The van der Waals surface area contributed by atoms with Crippen molar-refractivity contribution < 1.29 is 68.1 Å². The molecule has 452 valence electrons. The SMILES string of the molecule is CCNC(=O)C1CCCN1C(=O)C(NC(=O)C(CCCN=C(N)N)NC(=O)C(Cc1ccc(O)cc1)NC(=O)C(CC(C)C)NC(=O)C(CC(N)=O)NC(=O)C(Cc1ccc(O)cc1)NC(=O)CN(C)C(=O)CCCCC(=O)O)C(C)C. The van der Waals surface area contributed by atoms with E-state index in [0.29, 0.717) is 30.5 Å². The minimum atomic E-state index is -1.75. The maximum atomic E-state index is 14.6. The van der Waals surface area contributed by atoms with Crippen LogP contribution in [0.4, 0.5) is 0 Å². The van der Waals surface area contributed by atoms with Gasteiger partial charge in [-0.25, -0.2) is 0 Å². The molecular formula is C55H83N13O14. The normalized spacial score (nSPS) is 15.1. The number of hydrogen-bond acceptors (Lipinski definition) is 14. The van der Waals surface area contributed by atoms with E-state index in [9.17, 15) is 63.0 Å². The molecule has 82 heavy (non-hydrogen) atoms. The van der Waals surface area contributed by atoms with Crippen LogP contribution in [0.5, 0.6) is 11.5 Å². The molecular weight excluding hydrogens is 1070 g/mol. The van der Waals surface area contributed by atoms with Gasteiger partial charge in [0.1, 0.15) is 53.8 Å². The molecule has 7 unspecified atom stereocenters. The zero-order valence-corrected chi connectivity index (χ0v) is 47.5. The number of guanidine groups is 1. The molecule has 2 aromatic carbocycles. The Kier molecular flexibility index (Phi) is 28.0. The first-order chi connectivity index (χ1) is 38.7. The molecule has 0 bridgehead atoms. The number of rotatable bonds is 34. The molecule has 1 heterocycles. The summed E-state index contributed by atoms with van der Waals surface area (Å²) in [7, 11) is 1.35. The Morgan fingerprint density at radius 1 is 0.671 bits per heavy atom. The summed E-state index contributed by atoms with van der Waals surface area (Å²) >= 11 is 0. The van der Waals surface area contributed by atoms with Gasteiger partial charge in [-0.3, -0.25) is 57.7 Å². The molecule has 1 saturated heterocycles. The number of primary amides is 1. The number of carboxylic acid groups (broad SMARTS) is 1. The Morgan fingerprint density at radius 2 is 1.17 bits per heavy atom. The zero-order chi connectivity index (χ0) is 61.2. The second kappa shape index (κ2) is 33.9. The smallest absolute Gasteiger partial charge is 0.303 e. The maximum Gasteiger partial charge on any atom is 0.303 e. The summed E-state index contributed by atoms with van der Waals surface area (Å²) in [5.41, 5.74) is 17.6. The predicted molar refractivity (Wildman–Crippen MR) is 300 cm³/mol. The molecule has 10 amide bonds. The lowest BCUT2D eigenvalue weighted by Gasteiger charge is -2.32. The van der Waals surface area contributed by atoms with Crippen LogP contribution in [0.2, 0.25) is 0 Å². The molecule has 1 fully saturated rings. The number of aliphatic carboxylic acids is 1. The minimum Gasteiger partial charge on any atom is -0.508 e. The van der Waals surface area contributed by atoms with E-state index >= 15 is 0 Å². The van der Waals surface area contributed by atoms with Crippen molar-refractivity contribution >= 4 is 71.0 Å². The van der Waals surface area contributed by atoms with Gasteiger partial charge in [-0.05, 0) is 99.1 Å². The number of carbonyl (C=O) groups is 11. The number of likely N-dealkylation sites (N-methyl/N-ethyl adjacent to an activating group) is 2. The maximum absolute atomic E-state index is 14.6. The first kappa shape index (κ1) is 67.8. The monoisotopic (exact) mass is 1150 g/mol. The van der Waals surface area contributed by atoms with Crippen LogP contribution in [0, 0.1) is 11.8 Å². The molecule has 0 saturated carbocycles. The molecule has 0 spiro atoms. The van der Waals surface area contributed by atoms with Gasteiger partial charge in [0.25, 0.3) is 0 Å². The highest BCUT2D eigenvalue weighted by Crippen LogP contribution is 2.21. The number of aliphatic imine (C=N–C) groups is 1. The number of likely N-dealkylation sites (tertiary alicyclic amines) is 1. The Bertz CT molecular complexity index is 2560. The number of aromatic hydroxyl groups is 2.